The van der Waals surface area contributed by atoms with Crippen LogP contribution in [-0.2, 0) is 18.9 Å². The number of carbonyl (C=O) groups excluding carboxylic acids is 1. The van der Waals surface area contributed by atoms with Crippen molar-refractivity contribution in [3.8, 4) is 0 Å². The molecule has 0 unspecified atom stereocenters. The highest BCUT2D eigenvalue weighted by Crippen LogP contribution is 2.38. The van der Waals surface area contributed by atoms with Gasteiger partial charge in [0.2, 0.25) is 0 Å². The molecule has 2 saturated heterocycles. The Morgan fingerprint density at radius 1 is 1.18 bits per heavy atom. The van der Waals surface area contributed by atoms with Crippen LogP contribution in [0.4, 0.5) is 4.79 Å². The van der Waals surface area contributed by atoms with Gasteiger partial charge in [-0.1, -0.05) is 0 Å². The summed E-state index contributed by atoms with van der Waals surface area (Å²) in [6.45, 7) is 15.4. The maximum atomic E-state index is 12.6. The Bertz CT molecular complexity index is 440. The van der Waals surface area contributed by atoms with E-state index in [2.05, 4.69) is 0 Å². The van der Waals surface area contributed by atoms with E-state index in [1.165, 1.54) is 0 Å². The molecule has 2 aliphatic rings. The molecule has 0 spiro atoms. The van der Waals surface area contributed by atoms with Crippen molar-refractivity contribution in [2.45, 2.75) is 90.8 Å². The van der Waals surface area contributed by atoms with Crippen molar-refractivity contribution in [2.75, 3.05) is 6.61 Å². The van der Waals surface area contributed by atoms with Gasteiger partial charge in [-0.25, -0.2) is 4.79 Å². The van der Waals surface area contributed by atoms with Crippen molar-refractivity contribution >= 4 is 6.09 Å². The Kier molecular flexibility index (Phi) is 4.26. The Balaban J connectivity index is 2.22. The van der Waals surface area contributed by atoms with Gasteiger partial charge in [0.25, 0.3) is 0 Å². The number of rotatable bonds is 1. The summed E-state index contributed by atoms with van der Waals surface area (Å²) in [6.07, 6.45) is -0.757. The average Bonchev–Trinajstić information content (AvgIpc) is 2.71. The van der Waals surface area contributed by atoms with Gasteiger partial charge in [-0.05, 0) is 55.4 Å². The van der Waals surface area contributed by atoms with E-state index in [-0.39, 0.29) is 24.3 Å². The molecule has 1 amide bonds. The Morgan fingerprint density at radius 3 is 2.23 bits per heavy atom. The minimum Gasteiger partial charge on any atom is -0.444 e. The van der Waals surface area contributed by atoms with Crippen LogP contribution >= 0.6 is 0 Å². The third-order valence-corrected chi connectivity index (χ3v) is 3.84. The summed E-state index contributed by atoms with van der Waals surface area (Å²) < 4.78 is 23.2. The molecule has 2 rings (SSSR count). The van der Waals surface area contributed by atoms with Crippen molar-refractivity contribution in [1.29, 1.82) is 0 Å². The monoisotopic (exact) mass is 315 g/mol. The number of ether oxygens (including phenoxy) is 4. The molecule has 0 radical (unpaired) electrons. The second-order valence-corrected chi connectivity index (χ2v) is 7.98. The zero-order chi connectivity index (χ0) is 16.9. The Morgan fingerprint density at radius 2 is 1.77 bits per heavy atom. The third kappa shape index (κ3) is 3.55. The van der Waals surface area contributed by atoms with E-state index in [4.69, 9.17) is 18.9 Å². The topological polar surface area (TPSA) is 57.2 Å². The van der Waals surface area contributed by atoms with Crippen LogP contribution in [0, 0.1) is 0 Å². The average molecular weight is 315 g/mol. The molecule has 2 aliphatic heterocycles. The maximum Gasteiger partial charge on any atom is 0.412 e. The molecule has 0 aliphatic carbocycles. The van der Waals surface area contributed by atoms with Gasteiger partial charge in [0.1, 0.15) is 17.4 Å². The van der Waals surface area contributed by atoms with Crippen LogP contribution in [-0.4, -0.2) is 53.0 Å². The normalized spacial score (nSPS) is 34.0. The van der Waals surface area contributed by atoms with Gasteiger partial charge in [0.15, 0.2) is 5.79 Å². The minimum absolute atomic E-state index is 0.123. The predicted molar refractivity (Wildman–Crippen MR) is 81.4 cm³/mol. The van der Waals surface area contributed by atoms with Crippen molar-refractivity contribution in [2.24, 2.45) is 0 Å². The smallest absolute Gasteiger partial charge is 0.412 e. The molecule has 6 heteroatoms. The molecule has 128 valence electrons. The van der Waals surface area contributed by atoms with Crippen molar-refractivity contribution in [1.82, 2.24) is 4.90 Å². The number of hydrogen-bond acceptors (Lipinski definition) is 5. The molecule has 0 aromatic carbocycles. The lowest BCUT2D eigenvalue weighted by molar-refractivity contribution is -0.150. The summed E-state index contributed by atoms with van der Waals surface area (Å²) in [4.78, 5) is 14.3. The number of nitrogens with zero attached hydrogens (tertiary/aromatic N) is 1. The van der Waals surface area contributed by atoms with Crippen molar-refractivity contribution in [3.63, 3.8) is 0 Å². The first-order chi connectivity index (χ1) is 9.82. The molecule has 0 aromatic heterocycles. The van der Waals surface area contributed by atoms with E-state index in [0.29, 0.717) is 6.61 Å². The van der Waals surface area contributed by atoms with Crippen molar-refractivity contribution < 1.29 is 23.7 Å². The standard InChI is InChI=1S/C16H29NO5/c1-10-12(21-16(7,8)20-10)11-9-19-15(5,6)17(11)13(18)22-14(2,3)4/h10-12H,9H2,1-8H3/t10-,11+,12-/m0/s1. The zero-order valence-corrected chi connectivity index (χ0v) is 14.9. The first kappa shape index (κ1) is 17.5. The molecule has 6 nitrogen and oxygen atoms in total. The molecule has 0 aromatic rings. The van der Waals surface area contributed by atoms with E-state index < -0.39 is 17.1 Å². The summed E-state index contributed by atoms with van der Waals surface area (Å²) in [6, 6.07) is -0.235. The molecule has 2 fully saturated rings. The quantitative estimate of drug-likeness (QED) is 0.744. The molecule has 0 bridgehead atoms. The molecule has 0 N–H and O–H groups in total. The predicted octanol–water partition coefficient (Wildman–Crippen LogP) is 2.90. The first-order valence-corrected chi connectivity index (χ1v) is 7.84. The summed E-state index contributed by atoms with van der Waals surface area (Å²) in [5, 5.41) is 0. The first-order valence-electron chi connectivity index (χ1n) is 7.84. The lowest BCUT2D eigenvalue weighted by Crippen LogP contribution is -2.55. The second-order valence-electron chi connectivity index (χ2n) is 7.98. The summed E-state index contributed by atoms with van der Waals surface area (Å²) >= 11 is 0. The van der Waals surface area contributed by atoms with E-state index in [0.717, 1.165) is 0 Å². The second kappa shape index (κ2) is 5.35. The Labute approximate surface area is 133 Å². The van der Waals surface area contributed by atoms with Gasteiger partial charge in [0.05, 0.1) is 18.8 Å². The van der Waals surface area contributed by atoms with Crippen LogP contribution in [0.2, 0.25) is 0 Å². The largest absolute Gasteiger partial charge is 0.444 e. The SMILES string of the molecule is C[C@@H]1OC(C)(C)O[C@@H]1[C@H]1COC(C)(C)N1C(=O)OC(C)(C)C. The van der Waals surface area contributed by atoms with Crippen LogP contribution in [0.1, 0.15) is 55.4 Å². The minimum atomic E-state index is -0.733. The fourth-order valence-electron chi connectivity index (χ4n) is 3.10. The highest BCUT2D eigenvalue weighted by atomic mass is 16.8. The molecule has 22 heavy (non-hydrogen) atoms. The highest BCUT2D eigenvalue weighted by molar-refractivity contribution is 5.70. The lowest BCUT2D eigenvalue weighted by Gasteiger charge is -2.37. The van der Waals surface area contributed by atoms with Gasteiger partial charge in [0, 0.05) is 0 Å². The third-order valence-electron chi connectivity index (χ3n) is 3.84. The van der Waals surface area contributed by atoms with Crippen LogP contribution < -0.4 is 0 Å². The fraction of sp³-hybridized carbons (Fsp3) is 0.938. The summed E-state index contributed by atoms with van der Waals surface area (Å²) in [5.41, 5.74) is -1.29. The molecule has 0 saturated carbocycles. The molecule has 3 atom stereocenters. The number of hydrogen-bond donors (Lipinski definition) is 0. The van der Waals surface area contributed by atoms with E-state index in [1.54, 1.807) is 4.90 Å². The molecular weight excluding hydrogens is 286 g/mol. The van der Waals surface area contributed by atoms with Crippen LogP contribution in [0.25, 0.3) is 0 Å². The fourth-order valence-corrected chi connectivity index (χ4v) is 3.10. The zero-order valence-electron chi connectivity index (χ0n) is 14.9. The number of amides is 1. The van der Waals surface area contributed by atoms with Gasteiger partial charge >= 0.3 is 6.09 Å². The van der Waals surface area contributed by atoms with Crippen molar-refractivity contribution in [3.05, 3.63) is 0 Å². The summed E-state index contributed by atoms with van der Waals surface area (Å²) in [7, 11) is 0. The van der Waals surface area contributed by atoms with Gasteiger partial charge in [-0.15, -0.1) is 0 Å². The molecular formula is C16H29NO5. The van der Waals surface area contributed by atoms with Crippen LogP contribution in [0.3, 0.4) is 0 Å². The van der Waals surface area contributed by atoms with Crippen LogP contribution in [0.5, 0.6) is 0 Å². The van der Waals surface area contributed by atoms with E-state index >= 15 is 0 Å². The van der Waals surface area contributed by atoms with Crippen LogP contribution in [0.15, 0.2) is 0 Å². The van der Waals surface area contributed by atoms with Gasteiger partial charge in [-0.2, -0.15) is 0 Å². The molecule has 2 heterocycles. The lowest BCUT2D eigenvalue weighted by atomic mass is 10.1. The maximum absolute atomic E-state index is 12.6. The highest BCUT2D eigenvalue weighted by Gasteiger charge is 2.54. The number of carbonyl (C=O) groups is 1. The Hall–Kier alpha value is -0.850. The van der Waals surface area contributed by atoms with Gasteiger partial charge < -0.3 is 18.9 Å². The van der Waals surface area contributed by atoms with Gasteiger partial charge in [-0.3, -0.25) is 4.90 Å². The van der Waals surface area contributed by atoms with E-state index in [1.807, 2.05) is 55.4 Å². The van der Waals surface area contributed by atoms with E-state index in [9.17, 15) is 4.79 Å². The summed E-state index contributed by atoms with van der Waals surface area (Å²) in [5.74, 6) is -0.656.